The molecule has 0 fully saturated rings. The SMILES string of the molecule is Cc1ccc(-c2ccccc2)cc1-c1cccc2c1-c1ccccc1C2(C)C. The predicted molar refractivity (Wildman–Crippen MR) is 120 cm³/mol. The van der Waals surface area contributed by atoms with Crippen LogP contribution in [-0.2, 0) is 5.41 Å². The van der Waals surface area contributed by atoms with Crippen molar-refractivity contribution < 1.29 is 0 Å². The predicted octanol–water partition coefficient (Wildman–Crippen LogP) is 7.64. The van der Waals surface area contributed by atoms with Gasteiger partial charge < -0.3 is 0 Å². The fraction of sp³-hybridized carbons (Fsp3) is 0.143. The number of rotatable bonds is 2. The smallest absolute Gasteiger partial charge is 0.0159 e. The summed E-state index contributed by atoms with van der Waals surface area (Å²) in [5, 5.41) is 0. The highest BCUT2D eigenvalue weighted by molar-refractivity contribution is 5.94. The van der Waals surface area contributed by atoms with Crippen molar-refractivity contribution in [1.82, 2.24) is 0 Å². The molecular formula is C28H24. The maximum absolute atomic E-state index is 2.36. The second kappa shape index (κ2) is 6.21. The first kappa shape index (κ1) is 17.0. The number of hydrogen-bond donors (Lipinski definition) is 0. The van der Waals surface area contributed by atoms with Gasteiger partial charge in [-0.25, -0.2) is 0 Å². The molecule has 4 aromatic carbocycles. The standard InChI is InChI=1S/C28H24/c1-19-16-17-21(20-10-5-4-6-11-20)18-24(19)22-13-9-15-26-27(22)23-12-7-8-14-25(23)28(26,2)3/h4-18H,1-3H3. The van der Waals surface area contributed by atoms with E-state index in [9.17, 15) is 0 Å². The van der Waals surface area contributed by atoms with Gasteiger partial charge in [-0.3, -0.25) is 0 Å². The number of hydrogen-bond acceptors (Lipinski definition) is 0. The highest BCUT2D eigenvalue weighted by atomic mass is 14.4. The van der Waals surface area contributed by atoms with E-state index in [2.05, 4.69) is 112 Å². The van der Waals surface area contributed by atoms with Crippen molar-refractivity contribution in [2.45, 2.75) is 26.2 Å². The van der Waals surface area contributed by atoms with Gasteiger partial charge in [0.2, 0.25) is 0 Å². The molecule has 0 unspecified atom stereocenters. The van der Waals surface area contributed by atoms with Crippen LogP contribution in [0, 0.1) is 6.92 Å². The third kappa shape index (κ3) is 2.45. The Morgan fingerprint density at radius 3 is 2.04 bits per heavy atom. The lowest BCUT2D eigenvalue weighted by atomic mass is 9.81. The van der Waals surface area contributed by atoms with Crippen LogP contribution in [0.3, 0.4) is 0 Å². The first-order chi connectivity index (χ1) is 13.6. The molecule has 4 aromatic rings. The van der Waals surface area contributed by atoms with Crippen LogP contribution in [0.2, 0.25) is 0 Å². The summed E-state index contributed by atoms with van der Waals surface area (Å²) < 4.78 is 0. The van der Waals surface area contributed by atoms with Crippen LogP contribution in [0.4, 0.5) is 0 Å². The molecule has 28 heavy (non-hydrogen) atoms. The Hall–Kier alpha value is -3.12. The summed E-state index contributed by atoms with van der Waals surface area (Å²) in [5.41, 5.74) is 12.2. The highest BCUT2D eigenvalue weighted by Gasteiger charge is 2.36. The maximum atomic E-state index is 2.36. The zero-order valence-electron chi connectivity index (χ0n) is 16.7. The van der Waals surface area contributed by atoms with E-state index in [-0.39, 0.29) is 5.41 Å². The lowest BCUT2D eigenvalue weighted by Gasteiger charge is -2.21. The number of aryl methyl sites for hydroxylation is 1. The Morgan fingerprint density at radius 2 is 1.21 bits per heavy atom. The van der Waals surface area contributed by atoms with E-state index in [1.54, 1.807) is 0 Å². The Balaban J connectivity index is 1.77. The summed E-state index contributed by atoms with van der Waals surface area (Å²) in [6, 6.07) is 33.2. The van der Waals surface area contributed by atoms with Crippen molar-refractivity contribution in [1.29, 1.82) is 0 Å². The summed E-state index contributed by atoms with van der Waals surface area (Å²) in [6.45, 7) is 6.90. The van der Waals surface area contributed by atoms with Crippen LogP contribution in [0.25, 0.3) is 33.4 Å². The molecule has 0 radical (unpaired) electrons. The zero-order valence-corrected chi connectivity index (χ0v) is 16.7. The van der Waals surface area contributed by atoms with Gasteiger partial charge in [-0.2, -0.15) is 0 Å². The lowest BCUT2D eigenvalue weighted by Crippen LogP contribution is -2.14. The minimum Gasteiger partial charge on any atom is -0.0622 e. The minimum absolute atomic E-state index is 0.0346. The molecule has 0 aliphatic heterocycles. The van der Waals surface area contributed by atoms with Crippen molar-refractivity contribution >= 4 is 0 Å². The molecule has 1 aliphatic rings. The average Bonchev–Trinajstić information content (AvgIpc) is 2.97. The Morgan fingerprint density at radius 1 is 0.536 bits per heavy atom. The summed E-state index contributed by atoms with van der Waals surface area (Å²) in [6.07, 6.45) is 0. The van der Waals surface area contributed by atoms with Gasteiger partial charge in [-0.1, -0.05) is 98.8 Å². The summed E-state index contributed by atoms with van der Waals surface area (Å²) in [4.78, 5) is 0. The molecule has 136 valence electrons. The van der Waals surface area contributed by atoms with Crippen molar-refractivity contribution in [3.63, 3.8) is 0 Å². The molecule has 0 nitrogen and oxygen atoms in total. The molecule has 0 saturated heterocycles. The molecule has 0 atom stereocenters. The zero-order chi connectivity index (χ0) is 19.3. The summed E-state index contributed by atoms with van der Waals surface area (Å²) in [5.74, 6) is 0. The second-order valence-corrected chi connectivity index (χ2v) is 8.29. The van der Waals surface area contributed by atoms with Crippen LogP contribution in [0.5, 0.6) is 0 Å². The van der Waals surface area contributed by atoms with Gasteiger partial charge in [0, 0.05) is 5.41 Å². The van der Waals surface area contributed by atoms with Gasteiger partial charge in [0.05, 0.1) is 0 Å². The van der Waals surface area contributed by atoms with Crippen LogP contribution < -0.4 is 0 Å². The van der Waals surface area contributed by atoms with Gasteiger partial charge in [0.1, 0.15) is 0 Å². The summed E-state index contributed by atoms with van der Waals surface area (Å²) >= 11 is 0. The fourth-order valence-electron chi connectivity index (χ4n) is 4.70. The highest BCUT2D eigenvalue weighted by Crippen LogP contribution is 2.52. The molecule has 0 N–H and O–H groups in total. The summed E-state index contributed by atoms with van der Waals surface area (Å²) in [7, 11) is 0. The van der Waals surface area contributed by atoms with Gasteiger partial charge >= 0.3 is 0 Å². The van der Waals surface area contributed by atoms with E-state index in [0.29, 0.717) is 0 Å². The monoisotopic (exact) mass is 360 g/mol. The van der Waals surface area contributed by atoms with E-state index in [1.165, 1.54) is 50.1 Å². The molecule has 0 aromatic heterocycles. The molecule has 0 saturated carbocycles. The van der Waals surface area contributed by atoms with Gasteiger partial charge in [0.15, 0.2) is 0 Å². The average molecular weight is 361 g/mol. The van der Waals surface area contributed by atoms with E-state index < -0.39 is 0 Å². The van der Waals surface area contributed by atoms with Crippen molar-refractivity contribution in [3.8, 4) is 33.4 Å². The molecule has 0 heterocycles. The molecular weight excluding hydrogens is 336 g/mol. The third-order valence-corrected chi connectivity index (χ3v) is 6.24. The van der Waals surface area contributed by atoms with Gasteiger partial charge in [-0.15, -0.1) is 0 Å². The minimum atomic E-state index is 0.0346. The van der Waals surface area contributed by atoms with Crippen LogP contribution in [-0.4, -0.2) is 0 Å². The number of benzene rings is 4. The van der Waals surface area contributed by atoms with Crippen LogP contribution in [0.1, 0.15) is 30.5 Å². The quantitative estimate of drug-likeness (QED) is 0.344. The van der Waals surface area contributed by atoms with Crippen LogP contribution >= 0.6 is 0 Å². The third-order valence-electron chi connectivity index (χ3n) is 6.24. The maximum Gasteiger partial charge on any atom is 0.0159 e. The lowest BCUT2D eigenvalue weighted by molar-refractivity contribution is 0.660. The molecule has 1 aliphatic carbocycles. The molecule has 5 rings (SSSR count). The van der Waals surface area contributed by atoms with E-state index in [4.69, 9.17) is 0 Å². The van der Waals surface area contributed by atoms with Gasteiger partial charge in [0.25, 0.3) is 0 Å². The van der Waals surface area contributed by atoms with Gasteiger partial charge in [-0.05, 0) is 63.1 Å². The van der Waals surface area contributed by atoms with E-state index >= 15 is 0 Å². The molecule has 0 amide bonds. The van der Waals surface area contributed by atoms with Crippen molar-refractivity contribution in [2.24, 2.45) is 0 Å². The molecule has 0 heteroatoms. The largest absolute Gasteiger partial charge is 0.0622 e. The Bertz CT molecular complexity index is 1180. The molecule has 0 bridgehead atoms. The first-order valence-electron chi connectivity index (χ1n) is 9.97. The van der Waals surface area contributed by atoms with Crippen molar-refractivity contribution in [3.05, 3.63) is 108 Å². The fourth-order valence-corrected chi connectivity index (χ4v) is 4.70. The van der Waals surface area contributed by atoms with Crippen LogP contribution in [0.15, 0.2) is 91.0 Å². The Kier molecular flexibility index (Phi) is 3.77. The first-order valence-corrected chi connectivity index (χ1v) is 9.97. The van der Waals surface area contributed by atoms with Crippen molar-refractivity contribution in [2.75, 3.05) is 0 Å². The normalized spacial score (nSPS) is 13.8. The van der Waals surface area contributed by atoms with E-state index in [0.717, 1.165) is 0 Å². The molecule has 0 spiro atoms. The van der Waals surface area contributed by atoms with E-state index in [1.807, 2.05) is 0 Å². The number of fused-ring (bicyclic) bond motifs is 3. The Labute approximate surface area is 167 Å². The second-order valence-electron chi connectivity index (χ2n) is 8.29. The topological polar surface area (TPSA) is 0 Å².